The van der Waals surface area contributed by atoms with E-state index in [0.29, 0.717) is 23.9 Å². The Kier molecular flexibility index (Phi) is 6.04. The number of methoxy groups -OCH3 is 1. The summed E-state index contributed by atoms with van der Waals surface area (Å²) in [4.78, 5) is 2.35. The number of benzene rings is 1. The molecule has 0 bridgehead atoms. The van der Waals surface area contributed by atoms with Crippen LogP contribution < -0.4 is 4.74 Å². The molecule has 1 aliphatic carbocycles. The van der Waals surface area contributed by atoms with E-state index in [-0.39, 0.29) is 6.61 Å². The highest BCUT2D eigenvalue weighted by Crippen LogP contribution is 2.25. The molecule has 1 aromatic rings. The molecule has 1 aromatic carbocycles. The van der Waals surface area contributed by atoms with Crippen molar-refractivity contribution in [3.05, 3.63) is 29.3 Å². The number of ether oxygens (including phenoxy) is 1. The molecule has 1 fully saturated rings. The summed E-state index contributed by atoms with van der Waals surface area (Å²) >= 11 is 0. The van der Waals surface area contributed by atoms with Gasteiger partial charge in [-0.2, -0.15) is 5.26 Å². The van der Waals surface area contributed by atoms with Crippen LogP contribution in [-0.4, -0.2) is 36.3 Å². The lowest BCUT2D eigenvalue weighted by molar-refractivity contribution is 0.117. The number of nitriles is 1. The molecule has 4 nitrogen and oxygen atoms in total. The van der Waals surface area contributed by atoms with Crippen LogP contribution in [0.4, 0.5) is 0 Å². The Morgan fingerprint density at radius 3 is 2.71 bits per heavy atom. The molecular formula is C17H24N2O2. The Labute approximate surface area is 127 Å². The van der Waals surface area contributed by atoms with Gasteiger partial charge in [0.15, 0.2) is 0 Å². The van der Waals surface area contributed by atoms with E-state index >= 15 is 0 Å². The summed E-state index contributed by atoms with van der Waals surface area (Å²) in [6, 6.07) is 8.49. The van der Waals surface area contributed by atoms with Gasteiger partial charge in [-0.1, -0.05) is 25.3 Å². The number of rotatable bonds is 6. The average molecular weight is 288 g/mol. The maximum absolute atomic E-state index is 9.31. The molecule has 1 N–H and O–H groups in total. The Bertz CT molecular complexity index is 490. The quantitative estimate of drug-likeness (QED) is 0.874. The van der Waals surface area contributed by atoms with E-state index in [9.17, 15) is 10.4 Å². The molecule has 0 amide bonds. The van der Waals surface area contributed by atoms with Crippen molar-refractivity contribution in [3.8, 4) is 11.8 Å². The summed E-state index contributed by atoms with van der Waals surface area (Å²) in [5.41, 5.74) is 1.67. The van der Waals surface area contributed by atoms with E-state index in [1.165, 1.54) is 32.1 Å². The predicted molar refractivity (Wildman–Crippen MR) is 82.1 cm³/mol. The molecule has 0 heterocycles. The molecule has 0 radical (unpaired) electrons. The van der Waals surface area contributed by atoms with Gasteiger partial charge in [0, 0.05) is 19.1 Å². The van der Waals surface area contributed by atoms with E-state index in [0.717, 1.165) is 12.1 Å². The Morgan fingerprint density at radius 2 is 2.10 bits per heavy atom. The number of hydrogen-bond donors (Lipinski definition) is 1. The Balaban J connectivity index is 2.10. The minimum absolute atomic E-state index is 0.178. The number of hydrogen-bond acceptors (Lipinski definition) is 4. The largest absolute Gasteiger partial charge is 0.495 e. The van der Waals surface area contributed by atoms with Crippen LogP contribution in [-0.2, 0) is 6.54 Å². The molecule has 0 aliphatic heterocycles. The Hall–Kier alpha value is -1.57. The number of aliphatic hydroxyl groups is 1. The zero-order valence-corrected chi connectivity index (χ0v) is 12.7. The lowest BCUT2D eigenvalue weighted by Crippen LogP contribution is -2.38. The second-order valence-electron chi connectivity index (χ2n) is 5.63. The molecule has 0 spiro atoms. The molecule has 21 heavy (non-hydrogen) atoms. The van der Waals surface area contributed by atoms with Crippen molar-refractivity contribution in [2.45, 2.75) is 44.7 Å². The summed E-state index contributed by atoms with van der Waals surface area (Å²) in [5.74, 6) is 0.618. The smallest absolute Gasteiger partial charge is 0.136 e. The lowest BCUT2D eigenvalue weighted by atomic mass is 9.93. The van der Waals surface area contributed by atoms with Crippen molar-refractivity contribution in [1.82, 2.24) is 4.90 Å². The first-order valence-corrected chi connectivity index (χ1v) is 7.70. The van der Waals surface area contributed by atoms with Crippen molar-refractivity contribution in [1.29, 1.82) is 5.26 Å². The zero-order chi connectivity index (χ0) is 15.1. The van der Waals surface area contributed by atoms with Crippen LogP contribution in [0.3, 0.4) is 0 Å². The molecule has 2 rings (SSSR count). The van der Waals surface area contributed by atoms with Crippen molar-refractivity contribution >= 4 is 0 Å². The summed E-state index contributed by atoms with van der Waals surface area (Å²) in [7, 11) is 1.58. The third-order valence-electron chi connectivity index (χ3n) is 4.25. The van der Waals surface area contributed by atoms with Crippen molar-refractivity contribution in [2.75, 3.05) is 20.3 Å². The first-order valence-electron chi connectivity index (χ1n) is 7.70. The van der Waals surface area contributed by atoms with Crippen LogP contribution in [0.15, 0.2) is 18.2 Å². The van der Waals surface area contributed by atoms with E-state index in [4.69, 9.17) is 4.74 Å². The molecular weight excluding hydrogens is 264 g/mol. The van der Waals surface area contributed by atoms with Crippen LogP contribution in [0.1, 0.15) is 43.2 Å². The van der Waals surface area contributed by atoms with Gasteiger partial charge >= 0.3 is 0 Å². The second-order valence-corrected chi connectivity index (χ2v) is 5.63. The van der Waals surface area contributed by atoms with E-state index in [1.807, 2.05) is 18.2 Å². The highest BCUT2D eigenvalue weighted by Gasteiger charge is 2.21. The van der Waals surface area contributed by atoms with Gasteiger partial charge in [0.1, 0.15) is 11.8 Å². The van der Waals surface area contributed by atoms with E-state index in [2.05, 4.69) is 11.0 Å². The minimum atomic E-state index is 0.178. The zero-order valence-electron chi connectivity index (χ0n) is 12.7. The molecule has 114 valence electrons. The standard InChI is InChI=1S/C17H24N2O2/c1-21-17-8-7-14(11-15(17)12-18)13-19(9-10-20)16-5-3-2-4-6-16/h7-8,11,16,20H,2-6,9-10,13H2,1H3. The highest BCUT2D eigenvalue weighted by atomic mass is 16.5. The second kappa shape index (κ2) is 8.02. The van der Waals surface area contributed by atoms with Crippen LogP contribution >= 0.6 is 0 Å². The normalized spacial score (nSPS) is 15.9. The summed E-state index contributed by atoms with van der Waals surface area (Å²) in [6.45, 7) is 1.65. The molecule has 4 heteroatoms. The fourth-order valence-corrected chi connectivity index (χ4v) is 3.14. The van der Waals surface area contributed by atoms with Gasteiger partial charge in [-0.15, -0.1) is 0 Å². The average Bonchev–Trinajstić information content (AvgIpc) is 2.55. The van der Waals surface area contributed by atoms with Gasteiger partial charge < -0.3 is 9.84 Å². The maximum atomic E-state index is 9.31. The summed E-state index contributed by atoms with van der Waals surface area (Å²) in [5, 5.41) is 18.5. The summed E-state index contributed by atoms with van der Waals surface area (Å²) < 4.78 is 5.18. The van der Waals surface area contributed by atoms with Gasteiger partial charge in [0.2, 0.25) is 0 Å². The molecule has 0 aromatic heterocycles. The molecule has 0 saturated heterocycles. The van der Waals surface area contributed by atoms with Gasteiger partial charge in [0.05, 0.1) is 19.3 Å². The predicted octanol–water partition coefficient (Wildman–Crippen LogP) is 2.69. The van der Waals surface area contributed by atoms with Crippen molar-refractivity contribution in [3.63, 3.8) is 0 Å². The van der Waals surface area contributed by atoms with Crippen LogP contribution in [0.2, 0.25) is 0 Å². The van der Waals surface area contributed by atoms with Crippen LogP contribution in [0.5, 0.6) is 5.75 Å². The van der Waals surface area contributed by atoms with E-state index < -0.39 is 0 Å². The first kappa shape index (κ1) is 15.8. The number of nitrogens with zero attached hydrogens (tertiary/aromatic N) is 2. The van der Waals surface area contributed by atoms with Gasteiger partial charge in [-0.3, -0.25) is 4.90 Å². The fourth-order valence-electron chi connectivity index (χ4n) is 3.14. The maximum Gasteiger partial charge on any atom is 0.136 e. The number of aliphatic hydroxyl groups excluding tert-OH is 1. The van der Waals surface area contributed by atoms with Crippen molar-refractivity contribution in [2.24, 2.45) is 0 Å². The minimum Gasteiger partial charge on any atom is -0.495 e. The molecule has 0 atom stereocenters. The SMILES string of the molecule is COc1ccc(CN(CCO)C2CCCCC2)cc1C#N. The van der Waals surface area contributed by atoms with Crippen LogP contribution in [0.25, 0.3) is 0 Å². The first-order chi connectivity index (χ1) is 10.3. The van der Waals surface area contributed by atoms with Crippen molar-refractivity contribution < 1.29 is 9.84 Å². The van der Waals surface area contributed by atoms with E-state index in [1.54, 1.807) is 7.11 Å². The van der Waals surface area contributed by atoms with Gasteiger partial charge in [-0.25, -0.2) is 0 Å². The third-order valence-corrected chi connectivity index (χ3v) is 4.25. The fraction of sp³-hybridized carbons (Fsp3) is 0.588. The van der Waals surface area contributed by atoms with Crippen LogP contribution in [0, 0.1) is 11.3 Å². The summed E-state index contributed by atoms with van der Waals surface area (Å²) in [6.07, 6.45) is 6.30. The third kappa shape index (κ3) is 4.20. The lowest BCUT2D eigenvalue weighted by Gasteiger charge is -2.34. The van der Waals surface area contributed by atoms with Gasteiger partial charge in [-0.05, 0) is 30.5 Å². The monoisotopic (exact) mass is 288 g/mol. The molecule has 1 saturated carbocycles. The topological polar surface area (TPSA) is 56.5 Å². The molecule has 1 aliphatic rings. The van der Waals surface area contributed by atoms with Gasteiger partial charge in [0.25, 0.3) is 0 Å². The Morgan fingerprint density at radius 1 is 1.33 bits per heavy atom. The highest BCUT2D eigenvalue weighted by molar-refractivity contribution is 5.45. The molecule has 0 unspecified atom stereocenters.